The highest BCUT2D eigenvalue weighted by Crippen LogP contribution is 2.36. The van der Waals surface area contributed by atoms with Gasteiger partial charge in [0.25, 0.3) is 0 Å². The predicted octanol–water partition coefficient (Wildman–Crippen LogP) is 6.41. The van der Waals surface area contributed by atoms with Crippen molar-refractivity contribution in [1.82, 2.24) is 9.38 Å². The molecule has 0 unspecified atom stereocenters. The number of hydrogen-bond acceptors (Lipinski definition) is 3. The van der Waals surface area contributed by atoms with Crippen LogP contribution in [-0.4, -0.2) is 21.0 Å². The lowest BCUT2D eigenvalue weighted by atomic mass is 9.95. The van der Waals surface area contributed by atoms with Crippen LogP contribution in [-0.2, 0) is 0 Å². The van der Waals surface area contributed by atoms with Gasteiger partial charge < -0.3 is 0 Å². The smallest absolute Gasteiger partial charge is 0.210 e. The van der Waals surface area contributed by atoms with Crippen molar-refractivity contribution in [3.63, 3.8) is 0 Å². The molecule has 4 nitrogen and oxygen atoms in total. The number of Topliss-reactive ketones (excluding diaryl/α,β-unsaturated/α-hetero) is 1. The molecule has 0 aliphatic carbocycles. The Morgan fingerprint density at radius 3 is 2.00 bits per heavy atom. The van der Waals surface area contributed by atoms with E-state index in [9.17, 15) is 9.59 Å². The van der Waals surface area contributed by atoms with Crippen molar-refractivity contribution in [2.24, 2.45) is 0 Å². The Balaban J connectivity index is 1.85. The maximum absolute atomic E-state index is 13.8. The number of rotatable bonds is 5. The van der Waals surface area contributed by atoms with E-state index in [1.807, 2.05) is 97.9 Å². The Morgan fingerprint density at radius 1 is 0.788 bits per heavy atom. The fourth-order valence-electron chi connectivity index (χ4n) is 4.23. The maximum atomic E-state index is 13.8. The molecule has 0 spiro atoms. The van der Waals surface area contributed by atoms with E-state index in [2.05, 4.69) is 4.98 Å². The molecule has 0 bridgehead atoms. The van der Waals surface area contributed by atoms with Gasteiger partial charge in [0.15, 0.2) is 5.78 Å². The fourth-order valence-corrected chi connectivity index (χ4v) is 4.23. The second-order valence-electron chi connectivity index (χ2n) is 8.11. The van der Waals surface area contributed by atoms with Gasteiger partial charge in [-0.1, -0.05) is 90.5 Å². The highest BCUT2D eigenvalue weighted by Gasteiger charge is 2.27. The van der Waals surface area contributed by atoms with E-state index in [0.717, 1.165) is 22.4 Å². The van der Waals surface area contributed by atoms with Crippen molar-refractivity contribution >= 4 is 17.1 Å². The number of aryl methyl sites for hydroxylation is 1. The molecule has 0 saturated carbocycles. The van der Waals surface area contributed by atoms with E-state index >= 15 is 0 Å². The van der Waals surface area contributed by atoms with Crippen molar-refractivity contribution in [3.05, 3.63) is 120 Å². The van der Waals surface area contributed by atoms with Crippen LogP contribution in [0.1, 0.15) is 38.9 Å². The number of carbonyl (C=O) groups is 2. The highest BCUT2D eigenvalue weighted by atomic mass is 16.1. The zero-order valence-corrected chi connectivity index (χ0v) is 18.4. The van der Waals surface area contributed by atoms with Crippen LogP contribution >= 0.6 is 0 Å². The van der Waals surface area contributed by atoms with Gasteiger partial charge >= 0.3 is 0 Å². The number of fused-ring (bicyclic) bond motifs is 1. The maximum Gasteiger partial charge on any atom is 0.210 e. The zero-order valence-electron chi connectivity index (χ0n) is 18.4. The minimum Gasteiger partial charge on any atom is -0.296 e. The predicted molar refractivity (Wildman–Crippen MR) is 131 cm³/mol. The molecule has 0 N–H and O–H groups in total. The third kappa shape index (κ3) is 3.66. The minimum absolute atomic E-state index is 0.0977. The molecule has 0 aliphatic heterocycles. The van der Waals surface area contributed by atoms with Crippen LogP contribution in [0.2, 0.25) is 0 Å². The van der Waals surface area contributed by atoms with Crippen LogP contribution in [0.25, 0.3) is 27.9 Å². The molecular weight excluding hydrogens is 408 g/mol. The molecule has 2 aromatic heterocycles. The Morgan fingerprint density at radius 2 is 1.39 bits per heavy atom. The van der Waals surface area contributed by atoms with Crippen LogP contribution in [0.4, 0.5) is 0 Å². The first-order chi connectivity index (χ1) is 16.0. The summed E-state index contributed by atoms with van der Waals surface area (Å²) in [6, 6.07) is 28.8. The quantitative estimate of drug-likeness (QED) is 0.303. The van der Waals surface area contributed by atoms with Gasteiger partial charge in [0.05, 0.1) is 16.8 Å². The summed E-state index contributed by atoms with van der Waals surface area (Å²) < 4.78 is 1.76. The summed E-state index contributed by atoms with van der Waals surface area (Å²) in [5.74, 6) is -0.245. The topological polar surface area (TPSA) is 51.4 Å². The first-order valence-corrected chi connectivity index (χ1v) is 10.8. The van der Waals surface area contributed by atoms with Crippen LogP contribution < -0.4 is 0 Å². The fraction of sp³-hybridized carbons (Fsp3) is 0.0690. The summed E-state index contributed by atoms with van der Waals surface area (Å²) in [6.45, 7) is 3.53. The number of nitrogens with zero attached hydrogens (tertiary/aromatic N) is 2. The second kappa shape index (κ2) is 8.32. The minimum atomic E-state index is -0.148. The zero-order chi connectivity index (χ0) is 22.9. The first kappa shape index (κ1) is 20.6. The van der Waals surface area contributed by atoms with Gasteiger partial charge in [0.2, 0.25) is 5.78 Å². The van der Waals surface area contributed by atoms with Crippen LogP contribution in [0.15, 0.2) is 97.3 Å². The molecule has 0 fully saturated rings. The van der Waals surface area contributed by atoms with E-state index < -0.39 is 0 Å². The first-order valence-electron chi connectivity index (χ1n) is 10.8. The molecule has 0 radical (unpaired) electrons. The van der Waals surface area contributed by atoms with Crippen molar-refractivity contribution in [3.8, 4) is 22.4 Å². The number of ketones is 2. The van der Waals surface area contributed by atoms with Gasteiger partial charge in [-0.3, -0.25) is 14.0 Å². The number of aromatic nitrogens is 2. The molecule has 2 heterocycles. The molecular formula is C29H22N2O2. The van der Waals surface area contributed by atoms with Gasteiger partial charge in [-0.05, 0) is 25.5 Å². The Kier molecular flexibility index (Phi) is 5.19. The van der Waals surface area contributed by atoms with E-state index in [1.165, 1.54) is 0 Å². The number of benzene rings is 3. The summed E-state index contributed by atoms with van der Waals surface area (Å²) in [5.41, 5.74) is 6.44. The molecule has 0 saturated heterocycles. The van der Waals surface area contributed by atoms with Crippen molar-refractivity contribution < 1.29 is 9.59 Å². The van der Waals surface area contributed by atoms with Gasteiger partial charge in [-0.15, -0.1) is 0 Å². The van der Waals surface area contributed by atoms with Gasteiger partial charge in [0.1, 0.15) is 12.0 Å². The Bertz CT molecular complexity index is 1480. The van der Waals surface area contributed by atoms with Crippen LogP contribution in [0, 0.1) is 6.92 Å². The van der Waals surface area contributed by atoms with Gasteiger partial charge in [0, 0.05) is 16.7 Å². The third-order valence-corrected chi connectivity index (χ3v) is 5.84. The van der Waals surface area contributed by atoms with Gasteiger partial charge in [-0.2, -0.15) is 0 Å². The highest BCUT2D eigenvalue weighted by molar-refractivity contribution is 6.19. The van der Waals surface area contributed by atoms with Crippen molar-refractivity contribution in [1.29, 1.82) is 0 Å². The molecule has 5 rings (SSSR count). The largest absolute Gasteiger partial charge is 0.296 e. The molecule has 0 aliphatic rings. The normalized spacial score (nSPS) is 11.0. The summed E-state index contributed by atoms with van der Waals surface area (Å²) in [4.78, 5) is 31.4. The third-order valence-electron chi connectivity index (χ3n) is 5.84. The molecule has 4 heteroatoms. The van der Waals surface area contributed by atoms with Crippen molar-refractivity contribution in [2.45, 2.75) is 13.8 Å². The summed E-state index contributed by atoms with van der Waals surface area (Å²) in [5, 5.41) is 0. The molecule has 33 heavy (non-hydrogen) atoms. The monoisotopic (exact) mass is 430 g/mol. The van der Waals surface area contributed by atoms with E-state index in [-0.39, 0.29) is 11.6 Å². The van der Waals surface area contributed by atoms with E-state index in [4.69, 9.17) is 0 Å². The summed E-state index contributed by atoms with van der Waals surface area (Å²) in [6.07, 6.45) is 1.65. The van der Waals surface area contributed by atoms with E-state index in [0.29, 0.717) is 27.9 Å². The second-order valence-corrected chi connectivity index (χ2v) is 8.11. The molecule has 3 aromatic carbocycles. The van der Waals surface area contributed by atoms with Crippen LogP contribution in [0.3, 0.4) is 0 Å². The standard InChI is InChI=1S/C29H22N2O2/c1-19-13-15-23(16-14-19)29(33)28-27(22-11-7-4-8-12-22)26(20(2)32)25-17-24(30-18-31(25)28)21-9-5-3-6-10-21/h3-18H,1-2H3. The molecule has 5 aromatic rings. The molecule has 0 amide bonds. The van der Waals surface area contributed by atoms with Crippen molar-refractivity contribution in [2.75, 3.05) is 0 Å². The number of carbonyl (C=O) groups excluding carboxylic acids is 2. The van der Waals surface area contributed by atoms with E-state index in [1.54, 1.807) is 17.7 Å². The molecule has 160 valence electrons. The van der Waals surface area contributed by atoms with Crippen LogP contribution in [0.5, 0.6) is 0 Å². The Labute approximate surface area is 192 Å². The summed E-state index contributed by atoms with van der Waals surface area (Å²) in [7, 11) is 0. The Hall–Kier alpha value is -4.31. The lowest BCUT2D eigenvalue weighted by Gasteiger charge is -2.08. The summed E-state index contributed by atoms with van der Waals surface area (Å²) >= 11 is 0. The lowest BCUT2D eigenvalue weighted by molar-refractivity contribution is 0.101. The SMILES string of the molecule is CC(=O)c1c(-c2ccccc2)c(C(=O)c2ccc(C)cc2)n2cnc(-c3ccccc3)cc12. The average Bonchev–Trinajstić information content (AvgIpc) is 3.20. The average molecular weight is 431 g/mol. The number of hydrogen-bond donors (Lipinski definition) is 0. The molecule has 0 atom stereocenters. The lowest BCUT2D eigenvalue weighted by Crippen LogP contribution is -2.07. The van der Waals surface area contributed by atoms with Gasteiger partial charge in [-0.25, -0.2) is 4.98 Å².